The third-order valence-corrected chi connectivity index (χ3v) is 11.7. The van der Waals surface area contributed by atoms with Crippen LogP contribution in [0, 0.1) is 0 Å². The first kappa shape index (κ1) is 66.6. The second-order valence-electron chi connectivity index (χ2n) is 18.4. The summed E-state index contributed by atoms with van der Waals surface area (Å²) in [4.78, 5) is 38.1. The van der Waals surface area contributed by atoms with Crippen LogP contribution in [0.3, 0.4) is 0 Å². The Kier molecular flexibility index (Phi) is 54.5. The molecule has 0 aliphatic rings. The monoisotopic (exact) mass is 981 g/mol. The van der Waals surface area contributed by atoms with E-state index >= 15 is 0 Å². The largest absolute Gasteiger partial charge is 0.462 e. The molecule has 0 aromatic rings. The van der Waals surface area contributed by atoms with Gasteiger partial charge in [0.1, 0.15) is 13.2 Å². The minimum atomic E-state index is -0.845. The number of ether oxygens (including phenoxy) is 3. The van der Waals surface area contributed by atoms with E-state index < -0.39 is 12.1 Å². The van der Waals surface area contributed by atoms with Gasteiger partial charge in [-0.15, -0.1) is 0 Å². The molecule has 0 aromatic heterocycles. The molecule has 0 bridgehead atoms. The number of carbonyl (C=O) groups excluding carboxylic acids is 3. The maximum absolute atomic E-state index is 12.8. The highest BCUT2D eigenvalue weighted by molar-refractivity contribution is 5.71. The van der Waals surface area contributed by atoms with Gasteiger partial charge in [0.25, 0.3) is 0 Å². The number of hydrogen-bond donors (Lipinski definition) is 0. The van der Waals surface area contributed by atoms with E-state index in [2.05, 4.69) is 142 Å². The van der Waals surface area contributed by atoms with E-state index in [0.717, 1.165) is 96.3 Å². The Hall–Kier alpha value is -4.45. The minimum absolute atomic E-state index is 0.128. The molecule has 0 saturated carbocycles. The number of allylic oxidation sites excluding steroid dienone is 22. The van der Waals surface area contributed by atoms with Crippen molar-refractivity contribution < 1.29 is 28.6 Å². The lowest BCUT2D eigenvalue weighted by atomic mass is 10.0. The maximum atomic E-state index is 12.8. The first-order valence-electron chi connectivity index (χ1n) is 28.7. The van der Waals surface area contributed by atoms with E-state index in [-0.39, 0.29) is 38.0 Å². The molecule has 1 atom stereocenters. The van der Waals surface area contributed by atoms with Crippen LogP contribution in [0.15, 0.2) is 134 Å². The molecule has 0 amide bonds. The third-order valence-electron chi connectivity index (χ3n) is 11.7. The number of esters is 3. The SMILES string of the molecule is CC/C=C\C/C=C\C/C=C\C/C=C\C/C=C\C/C=C\CCC(=O)O[C@H](COC(=O)CCC/C=C\C/C=C\C/C=C\C/C=C\C/C=C\CC)COC(=O)CCCCCCCCCCCCCCCCCCC. The summed E-state index contributed by atoms with van der Waals surface area (Å²) >= 11 is 0. The smallest absolute Gasteiger partial charge is 0.306 e. The molecule has 0 spiro atoms. The quantitative estimate of drug-likeness (QED) is 0.0262. The molecular formula is C65H104O6. The number of unbranched alkanes of at least 4 members (excludes halogenated alkanes) is 17. The fourth-order valence-corrected chi connectivity index (χ4v) is 7.44. The molecule has 6 heteroatoms. The molecule has 71 heavy (non-hydrogen) atoms. The average molecular weight is 982 g/mol. The van der Waals surface area contributed by atoms with Gasteiger partial charge < -0.3 is 14.2 Å². The lowest BCUT2D eigenvalue weighted by Crippen LogP contribution is -2.30. The second kappa shape index (κ2) is 58.1. The number of carbonyl (C=O) groups is 3. The van der Waals surface area contributed by atoms with E-state index in [1.807, 2.05) is 12.2 Å². The van der Waals surface area contributed by atoms with Gasteiger partial charge in [0.15, 0.2) is 6.10 Å². The van der Waals surface area contributed by atoms with Crippen molar-refractivity contribution in [3.8, 4) is 0 Å². The molecule has 0 fully saturated rings. The standard InChI is InChI=1S/C65H104O6/c1-4-7-10-13-16-19-22-25-28-31-32-35-38-41-44-47-50-53-56-59-65(68)71-62(60-69-63(66)57-54-51-48-45-42-39-36-33-29-26-23-20-17-14-11-8-5-2)61-70-64(67)58-55-52-49-46-43-40-37-34-30-27-24-21-18-15-12-9-6-3/h7-8,10-11,16-17,19-20,25-26,28-29,32,35-36,39,41,44-45,48,50,53,62H,4-6,9,12-15,18,21-24,27,30-31,33-34,37-38,40,42-43,46-47,49,51-52,54-61H2,1-3H3/b10-7-,11-8-,19-16-,20-17-,28-25-,29-26-,35-32-,39-36-,44-41-,48-45-,53-50-/t62-/m1/s1. The normalized spacial score (nSPS) is 13.1. The first-order chi connectivity index (χ1) is 35.0. The molecular weight excluding hydrogens is 877 g/mol. The van der Waals surface area contributed by atoms with Gasteiger partial charge in [-0.3, -0.25) is 14.4 Å². The molecule has 0 heterocycles. The summed E-state index contributed by atoms with van der Waals surface area (Å²) < 4.78 is 16.7. The fraction of sp³-hybridized carbons (Fsp3) is 0.615. The van der Waals surface area contributed by atoms with Gasteiger partial charge in [0.2, 0.25) is 0 Å². The summed E-state index contributed by atoms with van der Waals surface area (Å²) in [6.45, 7) is 6.30. The van der Waals surface area contributed by atoms with Gasteiger partial charge in [-0.05, 0) is 96.3 Å². The maximum Gasteiger partial charge on any atom is 0.306 e. The highest BCUT2D eigenvalue weighted by Gasteiger charge is 2.19. The number of rotatable bonds is 50. The van der Waals surface area contributed by atoms with Crippen LogP contribution in [0.4, 0.5) is 0 Å². The Labute approximate surface area is 436 Å². The van der Waals surface area contributed by atoms with E-state index in [0.29, 0.717) is 19.3 Å². The predicted molar refractivity (Wildman–Crippen MR) is 306 cm³/mol. The van der Waals surface area contributed by atoms with Crippen molar-refractivity contribution >= 4 is 17.9 Å². The Morgan fingerprint density at radius 1 is 0.296 bits per heavy atom. The zero-order valence-electron chi connectivity index (χ0n) is 45.7. The molecule has 0 unspecified atom stereocenters. The Morgan fingerprint density at radius 3 is 0.915 bits per heavy atom. The van der Waals surface area contributed by atoms with E-state index in [4.69, 9.17) is 14.2 Å². The van der Waals surface area contributed by atoms with E-state index in [1.54, 1.807) is 0 Å². The van der Waals surface area contributed by atoms with Gasteiger partial charge >= 0.3 is 17.9 Å². The second-order valence-corrected chi connectivity index (χ2v) is 18.4. The van der Waals surface area contributed by atoms with Gasteiger partial charge in [0.05, 0.1) is 0 Å². The molecule has 0 radical (unpaired) electrons. The summed E-state index contributed by atoms with van der Waals surface area (Å²) in [6.07, 6.45) is 81.7. The van der Waals surface area contributed by atoms with Crippen LogP contribution >= 0.6 is 0 Å². The molecule has 0 aliphatic carbocycles. The zero-order chi connectivity index (χ0) is 51.4. The van der Waals surface area contributed by atoms with Gasteiger partial charge in [-0.25, -0.2) is 0 Å². The Balaban J connectivity index is 4.60. The molecule has 6 nitrogen and oxygen atoms in total. The lowest BCUT2D eigenvalue weighted by molar-refractivity contribution is -0.166. The van der Waals surface area contributed by atoms with Crippen LogP contribution in [-0.2, 0) is 28.6 Å². The zero-order valence-corrected chi connectivity index (χ0v) is 45.7. The van der Waals surface area contributed by atoms with Crippen molar-refractivity contribution in [1.29, 1.82) is 0 Å². The Morgan fingerprint density at radius 2 is 0.577 bits per heavy atom. The van der Waals surface area contributed by atoms with Crippen molar-refractivity contribution in [1.82, 2.24) is 0 Å². The van der Waals surface area contributed by atoms with E-state index in [9.17, 15) is 14.4 Å². The van der Waals surface area contributed by atoms with Gasteiger partial charge in [-0.1, -0.05) is 257 Å². The summed E-state index contributed by atoms with van der Waals surface area (Å²) in [5.41, 5.74) is 0. The summed E-state index contributed by atoms with van der Waals surface area (Å²) in [5, 5.41) is 0. The van der Waals surface area contributed by atoms with Crippen molar-refractivity contribution in [2.24, 2.45) is 0 Å². The average Bonchev–Trinajstić information content (AvgIpc) is 3.37. The van der Waals surface area contributed by atoms with Crippen LogP contribution in [0.2, 0.25) is 0 Å². The van der Waals surface area contributed by atoms with Crippen LogP contribution < -0.4 is 0 Å². The highest BCUT2D eigenvalue weighted by atomic mass is 16.6. The van der Waals surface area contributed by atoms with Gasteiger partial charge in [-0.2, -0.15) is 0 Å². The fourth-order valence-electron chi connectivity index (χ4n) is 7.44. The third kappa shape index (κ3) is 56.3. The van der Waals surface area contributed by atoms with Crippen molar-refractivity contribution in [2.75, 3.05) is 13.2 Å². The van der Waals surface area contributed by atoms with E-state index in [1.165, 1.54) is 89.9 Å². The van der Waals surface area contributed by atoms with Gasteiger partial charge in [0, 0.05) is 19.3 Å². The lowest BCUT2D eigenvalue weighted by Gasteiger charge is -2.18. The van der Waals surface area contributed by atoms with Crippen LogP contribution in [0.5, 0.6) is 0 Å². The van der Waals surface area contributed by atoms with Crippen LogP contribution in [0.25, 0.3) is 0 Å². The Bertz CT molecular complexity index is 1550. The summed E-state index contributed by atoms with van der Waals surface area (Å²) in [6, 6.07) is 0. The first-order valence-corrected chi connectivity index (χ1v) is 28.7. The summed E-state index contributed by atoms with van der Waals surface area (Å²) in [7, 11) is 0. The number of hydrogen-bond acceptors (Lipinski definition) is 6. The molecule has 400 valence electrons. The topological polar surface area (TPSA) is 78.9 Å². The molecule has 0 N–H and O–H groups in total. The van der Waals surface area contributed by atoms with Crippen molar-refractivity contribution in [2.45, 2.75) is 245 Å². The van der Waals surface area contributed by atoms with Crippen molar-refractivity contribution in [3.63, 3.8) is 0 Å². The molecule has 0 saturated heterocycles. The van der Waals surface area contributed by atoms with Crippen LogP contribution in [0.1, 0.15) is 239 Å². The minimum Gasteiger partial charge on any atom is -0.462 e. The summed E-state index contributed by atoms with van der Waals surface area (Å²) in [5.74, 6) is -1.08. The molecule has 0 rings (SSSR count). The molecule has 0 aromatic carbocycles. The van der Waals surface area contributed by atoms with Crippen LogP contribution in [-0.4, -0.2) is 37.2 Å². The highest BCUT2D eigenvalue weighted by Crippen LogP contribution is 2.15. The molecule has 0 aliphatic heterocycles. The van der Waals surface area contributed by atoms with Crippen molar-refractivity contribution in [3.05, 3.63) is 134 Å². The predicted octanol–water partition coefficient (Wildman–Crippen LogP) is 19.4.